The highest BCUT2D eigenvalue weighted by molar-refractivity contribution is 7.71. The van der Waals surface area contributed by atoms with Crippen LogP contribution in [0.2, 0.25) is 0 Å². The van der Waals surface area contributed by atoms with Crippen LogP contribution in [0.15, 0.2) is 42.5 Å². The van der Waals surface area contributed by atoms with Gasteiger partial charge in [-0.3, -0.25) is 4.57 Å². The van der Waals surface area contributed by atoms with Crippen LogP contribution < -0.4 is 0 Å². The summed E-state index contributed by atoms with van der Waals surface area (Å²) in [7, 11) is 0. The van der Waals surface area contributed by atoms with Crippen molar-refractivity contribution in [1.82, 2.24) is 9.55 Å². The number of halogens is 1. The van der Waals surface area contributed by atoms with Crippen molar-refractivity contribution >= 4 is 23.3 Å². The molecule has 0 aliphatic rings. The minimum absolute atomic E-state index is 0.265. The van der Waals surface area contributed by atoms with Gasteiger partial charge in [0.2, 0.25) is 0 Å². The Balaban J connectivity index is 2.21. The Labute approximate surface area is 121 Å². The number of nitrogens with one attached hydrogen (secondary N) is 1. The quantitative estimate of drug-likeness (QED) is 0.661. The molecule has 3 rings (SSSR count). The summed E-state index contributed by atoms with van der Waals surface area (Å²) in [6, 6.07) is 12.8. The van der Waals surface area contributed by atoms with Crippen LogP contribution in [0.5, 0.6) is 0 Å². The van der Waals surface area contributed by atoms with Gasteiger partial charge in [0.05, 0.1) is 11.0 Å². The van der Waals surface area contributed by atoms with E-state index in [-0.39, 0.29) is 5.82 Å². The number of H-pyrrole nitrogens is 1. The summed E-state index contributed by atoms with van der Waals surface area (Å²) in [5.74, 6) is 0.219. The number of rotatable bonds is 2. The van der Waals surface area contributed by atoms with E-state index in [1.807, 2.05) is 16.7 Å². The Morgan fingerprint density at radius 2 is 1.80 bits per heavy atom. The largest absolute Gasteiger partial charge is 0.330 e. The number of imidazole rings is 1. The van der Waals surface area contributed by atoms with Crippen molar-refractivity contribution in [3.63, 3.8) is 0 Å². The van der Waals surface area contributed by atoms with Crippen molar-refractivity contribution in [2.24, 2.45) is 0 Å². The molecular formula is C16H15FN2S. The van der Waals surface area contributed by atoms with E-state index in [4.69, 9.17) is 12.2 Å². The molecule has 2 aromatic carbocycles. The van der Waals surface area contributed by atoms with Gasteiger partial charge in [0, 0.05) is 11.8 Å². The van der Waals surface area contributed by atoms with Crippen LogP contribution in [0.25, 0.3) is 16.7 Å². The number of hydrogen-bond acceptors (Lipinski definition) is 1. The summed E-state index contributed by atoms with van der Waals surface area (Å²) in [6.07, 6.45) is 0. The van der Waals surface area contributed by atoms with Crippen LogP contribution in [0, 0.1) is 10.6 Å². The predicted molar refractivity (Wildman–Crippen MR) is 82.5 cm³/mol. The number of aromatic amines is 1. The minimum atomic E-state index is -0.265. The predicted octanol–water partition coefficient (Wildman–Crippen LogP) is 4.95. The summed E-state index contributed by atoms with van der Waals surface area (Å²) in [5, 5.41) is 0. The first-order valence-corrected chi connectivity index (χ1v) is 6.97. The summed E-state index contributed by atoms with van der Waals surface area (Å²) >= 11 is 5.35. The fraction of sp³-hybridized carbons (Fsp3) is 0.188. The Bertz CT molecular complexity index is 813. The third kappa shape index (κ3) is 2.16. The van der Waals surface area contributed by atoms with Gasteiger partial charge < -0.3 is 4.98 Å². The second kappa shape index (κ2) is 4.87. The molecule has 0 saturated carbocycles. The molecule has 1 N–H and O–H groups in total. The first-order valence-electron chi connectivity index (χ1n) is 6.57. The number of nitrogens with zero attached hydrogens (tertiary/aromatic N) is 1. The standard InChI is InChI=1S/C16H15FN2S/c1-10(2)11-3-6-13(7-4-11)19-15-9-12(17)5-8-14(15)18-16(19)20/h3-10H,1-2H3,(H,18,20). The molecule has 0 fully saturated rings. The van der Waals surface area contributed by atoms with Crippen molar-refractivity contribution in [3.05, 3.63) is 58.6 Å². The molecule has 20 heavy (non-hydrogen) atoms. The molecule has 0 saturated heterocycles. The van der Waals surface area contributed by atoms with Crippen LogP contribution in [0.3, 0.4) is 0 Å². The lowest BCUT2D eigenvalue weighted by atomic mass is 10.0. The first kappa shape index (κ1) is 13.1. The third-order valence-electron chi connectivity index (χ3n) is 3.46. The van der Waals surface area contributed by atoms with Gasteiger partial charge in [-0.2, -0.15) is 0 Å². The zero-order chi connectivity index (χ0) is 14.3. The maximum atomic E-state index is 13.5. The van der Waals surface area contributed by atoms with E-state index >= 15 is 0 Å². The normalized spacial score (nSPS) is 11.4. The Hall–Kier alpha value is -1.94. The van der Waals surface area contributed by atoms with Crippen molar-refractivity contribution in [2.75, 3.05) is 0 Å². The highest BCUT2D eigenvalue weighted by Gasteiger charge is 2.08. The third-order valence-corrected chi connectivity index (χ3v) is 3.75. The fourth-order valence-corrected chi connectivity index (χ4v) is 2.65. The van der Waals surface area contributed by atoms with Gasteiger partial charge in [-0.1, -0.05) is 26.0 Å². The zero-order valence-electron chi connectivity index (χ0n) is 11.4. The van der Waals surface area contributed by atoms with Crippen LogP contribution in [0.4, 0.5) is 4.39 Å². The van der Waals surface area contributed by atoms with Crippen molar-refractivity contribution in [1.29, 1.82) is 0 Å². The van der Waals surface area contributed by atoms with Crippen LogP contribution in [0.1, 0.15) is 25.3 Å². The van der Waals surface area contributed by atoms with E-state index in [0.29, 0.717) is 10.7 Å². The maximum Gasteiger partial charge on any atom is 0.182 e. The number of hydrogen-bond donors (Lipinski definition) is 1. The molecule has 0 atom stereocenters. The SMILES string of the molecule is CC(C)c1ccc(-n2c(=S)[nH]c3ccc(F)cc32)cc1. The van der Waals surface area contributed by atoms with Crippen LogP contribution in [-0.4, -0.2) is 9.55 Å². The van der Waals surface area contributed by atoms with E-state index in [1.165, 1.54) is 17.7 Å². The second-order valence-corrected chi connectivity index (χ2v) is 5.56. The topological polar surface area (TPSA) is 20.7 Å². The van der Waals surface area contributed by atoms with E-state index in [1.54, 1.807) is 6.07 Å². The van der Waals surface area contributed by atoms with Crippen molar-refractivity contribution < 1.29 is 4.39 Å². The van der Waals surface area contributed by atoms with E-state index in [2.05, 4.69) is 31.0 Å². The zero-order valence-corrected chi connectivity index (χ0v) is 12.2. The average Bonchev–Trinajstić information content (AvgIpc) is 2.74. The minimum Gasteiger partial charge on any atom is -0.330 e. The van der Waals surface area contributed by atoms with Gasteiger partial charge in [0.15, 0.2) is 4.77 Å². The molecule has 0 radical (unpaired) electrons. The lowest BCUT2D eigenvalue weighted by Crippen LogP contribution is -1.95. The molecule has 0 spiro atoms. The molecule has 4 heteroatoms. The van der Waals surface area contributed by atoms with Gasteiger partial charge >= 0.3 is 0 Å². The summed E-state index contributed by atoms with van der Waals surface area (Å²) in [6.45, 7) is 4.31. The van der Waals surface area contributed by atoms with E-state index in [0.717, 1.165) is 16.7 Å². The lowest BCUT2D eigenvalue weighted by molar-refractivity contribution is 0.629. The summed E-state index contributed by atoms with van der Waals surface area (Å²) < 4.78 is 15.9. The Morgan fingerprint density at radius 1 is 1.10 bits per heavy atom. The van der Waals surface area contributed by atoms with Gasteiger partial charge in [-0.05, 0) is 48.0 Å². The summed E-state index contributed by atoms with van der Waals surface area (Å²) in [5.41, 5.74) is 3.80. The summed E-state index contributed by atoms with van der Waals surface area (Å²) in [4.78, 5) is 3.10. The molecule has 1 aromatic heterocycles. The van der Waals surface area contributed by atoms with Crippen LogP contribution >= 0.6 is 12.2 Å². The van der Waals surface area contributed by atoms with Crippen LogP contribution in [-0.2, 0) is 0 Å². The number of aromatic nitrogens is 2. The smallest absolute Gasteiger partial charge is 0.182 e. The fourth-order valence-electron chi connectivity index (χ4n) is 2.34. The molecule has 2 nitrogen and oxygen atoms in total. The maximum absolute atomic E-state index is 13.5. The molecule has 102 valence electrons. The van der Waals surface area contributed by atoms with Gasteiger partial charge in [0.25, 0.3) is 0 Å². The highest BCUT2D eigenvalue weighted by atomic mass is 32.1. The van der Waals surface area contributed by atoms with Gasteiger partial charge in [0.1, 0.15) is 5.82 Å². The Kier molecular flexibility index (Phi) is 3.18. The average molecular weight is 286 g/mol. The molecule has 0 aliphatic carbocycles. The van der Waals surface area contributed by atoms with Gasteiger partial charge in [-0.15, -0.1) is 0 Å². The van der Waals surface area contributed by atoms with Crippen molar-refractivity contribution in [3.8, 4) is 5.69 Å². The second-order valence-electron chi connectivity index (χ2n) is 5.17. The Morgan fingerprint density at radius 3 is 2.45 bits per heavy atom. The van der Waals surface area contributed by atoms with Crippen molar-refractivity contribution in [2.45, 2.75) is 19.8 Å². The molecule has 3 aromatic rings. The lowest BCUT2D eigenvalue weighted by Gasteiger charge is -2.08. The molecule has 0 aliphatic heterocycles. The van der Waals surface area contributed by atoms with E-state index in [9.17, 15) is 4.39 Å². The monoisotopic (exact) mass is 286 g/mol. The van der Waals surface area contributed by atoms with Gasteiger partial charge in [-0.25, -0.2) is 4.39 Å². The molecule has 1 heterocycles. The molecule has 0 amide bonds. The number of benzene rings is 2. The molecule has 0 unspecified atom stereocenters. The first-order chi connectivity index (χ1) is 9.56. The van der Waals surface area contributed by atoms with E-state index < -0.39 is 0 Å². The highest BCUT2D eigenvalue weighted by Crippen LogP contribution is 2.22. The number of fused-ring (bicyclic) bond motifs is 1. The molecular weight excluding hydrogens is 271 g/mol. The molecule has 0 bridgehead atoms.